The number of piperidine rings is 1. The van der Waals surface area contributed by atoms with Crippen molar-refractivity contribution in [2.24, 2.45) is 5.92 Å². The lowest BCUT2D eigenvalue weighted by molar-refractivity contribution is 0.175. The molecule has 0 amide bonds. The van der Waals surface area contributed by atoms with Crippen LogP contribution in [0.5, 0.6) is 5.75 Å². The summed E-state index contributed by atoms with van der Waals surface area (Å²) in [5.74, 6) is 1.81. The summed E-state index contributed by atoms with van der Waals surface area (Å²) >= 11 is 0. The van der Waals surface area contributed by atoms with Crippen LogP contribution in [0.2, 0.25) is 0 Å². The number of rotatable bonds is 10. The highest BCUT2D eigenvalue weighted by Crippen LogP contribution is 2.26. The molecule has 0 spiro atoms. The van der Waals surface area contributed by atoms with Crippen LogP contribution in [0.15, 0.2) is 60.8 Å². The molecule has 0 atom stereocenters. The first-order chi connectivity index (χ1) is 15.3. The minimum absolute atomic E-state index is 0.892. The number of ether oxygens (including phenoxy) is 1. The zero-order valence-corrected chi connectivity index (χ0v) is 18.9. The number of hydrogen-bond acceptors (Lipinski definition) is 3. The highest BCUT2D eigenvalue weighted by atomic mass is 16.5. The second kappa shape index (κ2) is 11.3. The lowest BCUT2D eigenvalue weighted by Gasteiger charge is -2.32. The number of nitrogens with zero attached hydrogens (tertiary/aromatic N) is 2. The van der Waals surface area contributed by atoms with Gasteiger partial charge < -0.3 is 9.64 Å². The van der Waals surface area contributed by atoms with Crippen LogP contribution in [0, 0.1) is 5.92 Å². The fraction of sp³-hybridized carbons (Fsp3) is 0.464. The van der Waals surface area contributed by atoms with Crippen LogP contribution in [-0.4, -0.2) is 36.6 Å². The van der Waals surface area contributed by atoms with Gasteiger partial charge in [-0.25, -0.2) is 0 Å². The molecule has 1 aliphatic heterocycles. The maximum Gasteiger partial charge on any atom is 0.119 e. The number of fused-ring (bicyclic) bond motifs is 1. The SMILES string of the molecule is COc1ccc2nccc(CCCC3CCN(CCCCc4ccccc4)CC3)c2c1. The molecule has 1 aromatic heterocycles. The van der Waals surface area contributed by atoms with Crippen molar-refractivity contribution >= 4 is 10.9 Å². The van der Waals surface area contributed by atoms with Crippen molar-refractivity contribution in [1.29, 1.82) is 0 Å². The van der Waals surface area contributed by atoms with E-state index in [-0.39, 0.29) is 0 Å². The Kier molecular flexibility index (Phi) is 7.95. The van der Waals surface area contributed by atoms with Gasteiger partial charge >= 0.3 is 0 Å². The van der Waals surface area contributed by atoms with Crippen molar-refractivity contribution in [2.45, 2.75) is 51.4 Å². The zero-order chi connectivity index (χ0) is 21.3. The average molecular weight is 417 g/mol. The van der Waals surface area contributed by atoms with Crippen molar-refractivity contribution in [3.8, 4) is 5.75 Å². The van der Waals surface area contributed by atoms with E-state index in [1.165, 1.54) is 81.1 Å². The van der Waals surface area contributed by atoms with E-state index in [2.05, 4.69) is 58.4 Å². The van der Waals surface area contributed by atoms with Gasteiger partial charge in [0.05, 0.1) is 12.6 Å². The molecular formula is C28H36N2O. The summed E-state index contributed by atoms with van der Waals surface area (Å²) in [5.41, 5.74) is 3.94. The molecule has 4 rings (SSSR count). The Morgan fingerprint density at radius 2 is 1.77 bits per heavy atom. The van der Waals surface area contributed by atoms with Gasteiger partial charge in [0.25, 0.3) is 0 Å². The van der Waals surface area contributed by atoms with E-state index in [0.717, 1.165) is 23.6 Å². The first-order valence-corrected chi connectivity index (χ1v) is 12.0. The van der Waals surface area contributed by atoms with Gasteiger partial charge in [-0.2, -0.15) is 0 Å². The van der Waals surface area contributed by atoms with Crippen LogP contribution >= 0.6 is 0 Å². The number of aromatic nitrogens is 1. The molecule has 3 nitrogen and oxygen atoms in total. The average Bonchev–Trinajstić information content (AvgIpc) is 2.83. The number of methoxy groups -OCH3 is 1. The summed E-state index contributed by atoms with van der Waals surface area (Å²) < 4.78 is 5.41. The molecule has 0 radical (unpaired) electrons. The van der Waals surface area contributed by atoms with Gasteiger partial charge in [-0.15, -0.1) is 0 Å². The Bertz CT molecular complexity index is 932. The van der Waals surface area contributed by atoms with E-state index in [9.17, 15) is 0 Å². The predicted molar refractivity (Wildman–Crippen MR) is 130 cm³/mol. The lowest BCUT2D eigenvalue weighted by atomic mass is 9.90. The highest BCUT2D eigenvalue weighted by Gasteiger charge is 2.18. The summed E-state index contributed by atoms with van der Waals surface area (Å²) in [7, 11) is 1.73. The van der Waals surface area contributed by atoms with Gasteiger partial charge in [0, 0.05) is 11.6 Å². The smallest absolute Gasteiger partial charge is 0.119 e. The largest absolute Gasteiger partial charge is 0.497 e. The monoisotopic (exact) mass is 416 g/mol. The molecule has 31 heavy (non-hydrogen) atoms. The van der Waals surface area contributed by atoms with E-state index in [1.807, 2.05) is 12.3 Å². The Hall–Kier alpha value is -2.39. The topological polar surface area (TPSA) is 25.4 Å². The van der Waals surface area contributed by atoms with Crippen LogP contribution in [0.4, 0.5) is 0 Å². The van der Waals surface area contributed by atoms with Gasteiger partial charge in [-0.05, 0) is 106 Å². The third-order valence-electron chi connectivity index (χ3n) is 6.84. The van der Waals surface area contributed by atoms with Gasteiger partial charge in [0.15, 0.2) is 0 Å². The second-order valence-corrected chi connectivity index (χ2v) is 8.97. The summed E-state index contributed by atoms with van der Waals surface area (Å²) in [4.78, 5) is 7.19. The van der Waals surface area contributed by atoms with Crippen LogP contribution in [-0.2, 0) is 12.8 Å². The minimum atomic E-state index is 0.892. The molecule has 1 aliphatic rings. The van der Waals surface area contributed by atoms with Crippen molar-refractivity contribution in [2.75, 3.05) is 26.7 Å². The number of benzene rings is 2. The number of likely N-dealkylation sites (tertiary alicyclic amines) is 1. The maximum absolute atomic E-state index is 5.41. The van der Waals surface area contributed by atoms with E-state index >= 15 is 0 Å². The number of hydrogen-bond donors (Lipinski definition) is 0. The summed E-state index contributed by atoms with van der Waals surface area (Å²) in [6.07, 6.45) is 12.2. The van der Waals surface area contributed by atoms with Crippen molar-refractivity contribution in [1.82, 2.24) is 9.88 Å². The summed E-state index contributed by atoms with van der Waals surface area (Å²) in [5, 5.41) is 1.24. The molecule has 2 aromatic carbocycles. The third kappa shape index (κ3) is 6.30. The van der Waals surface area contributed by atoms with E-state index in [1.54, 1.807) is 7.11 Å². The number of unbranched alkanes of at least 4 members (excludes halogenated alkanes) is 1. The Morgan fingerprint density at radius 1 is 0.935 bits per heavy atom. The molecule has 3 aromatic rings. The van der Waals surface area contributed by atoms with Gasteiger partial charge in [-0.1, -0.05) is 36.8 Å². The Balaban J connectivity index is 1.15. The Morgan fingerprint density at radius 3 is 2.58 bits per heavy atom. The normalized spacial score (nSPS) is 15.4. The van der Waals surface area contributed by atoms with E-state index in [4.69, 9.17) is 4.74 Å². The quantitative estimate of drug-likeness (QED) is 0.363. The molecule has 0 N–H and O–H groups in total. The number of aryl methyl sites for hydroxylation is 2. The Labute approximate surface area is 187 Å². The first-order valence-electron chi connectivity index (χ1n) is 12.0. The van der Waals surface area contributed by atoms with Crippen LogP contribution in [0.1, 0.15) is 49.7 Å². The fourth-order valence-electron chi connectivity index (χ4n) is 4.92. The van der Waals surface area contributed by atoms with Crippen LogP contribution in [0.25, 0.3) is 10.9 Å². The molecule has 1 fully saturated rings. The van der Waals surface area contributed by atoms with Crippen molar-refractivity contribution in [3.63, 3.8) is 0 Å². The van der Waals surface area contributed by atoms with Gasteiger partial charge in [0.2, 0.25) is 0 Å². The molecule has 2 heterocycles. The van der Waals surface area contributed by atoms with Crippen LogP contribution in [0.3, 0.4) is 0 Å². The van der Waals surface area contributed by atoms with Crippen molar-refractivity contribution in [3.05, 3.63) is 71.9 Å². The molecule has 0 saturated carbocycles. The molecule has 0 aliphatic carbocycles. The third-order valence-corrected chi connectivity index (χ3v) is 6.84. The molecule has 1 saturated heterocycles. The maximum atomic E-state index is 5.41. The summed E-state index contributed by atoms with van der Waals surface area (Å²) in [6.45, 7) is 3.83. The van der Waals surface area contributed by atoms with Gasteiger partial charge in [-0.3, -0.25) is 4.98 Å². The molecule has 0 bridgehead atoms. The highest BCUT2D eigenvalue weighted by molar-refractivity contribution is 5.83. The standard InChI is InChI=1S/C28H36N2O/c1-31-26-13-14-28-27(22-26)25(15-18-29-28)12-7-11-24-16-20-30(21-17-24)19-6-5-10-23-8-3-2-4-9-23/h2-4,8-9,13-15,18,22,24H,5-7,10-12,16-17,19-21H2,1H3. The van der Waals surface area contributed by atoms with E-state index in [0.29, 0.717) is 0 Å². The fourth-order valence-corrected chi connectivity index (χ4v) is 4.92. The first kappa shape index (κ1) is 21.8. The zero-order valence-electron chi connectivity index (χ0n) is 18.9. The molecule has 3 heteroatoms. The molecule has 164 valence electrons. The second-order valence-electron chi connectivity index (χ2n) is 8.97. The van der Waals surface area contributed by atoms with Crippen molar-refractivity contribution < 1.29 is 4.74 Å². The van der Waals surface area contributed by atoms with Crippen LogP contribution < -0.4 is 4.74 Å². The summed E-state index contributed by atoms with van der Waals surface area (Å²) in [6, 6.07) is 19.3. The predicted octanol–water partition coefficient (Wildman–Crippen LogP) is 6.30. The minimum Gasteiger partial charge on any atom is -0.497 e. The van der Waals surface area contributed by atoms with Gasteiger partial charge in [0.1, 0.15) is 5.75 Å². The number of pyridine rings is 1. The molecular weight excluding hydrogens is 380 g/mol. The lowest BCUT2D eigenvalue weighted by Crippen LogP contribution is -2.34. The molecule has 0 unspecified atom stereocenters. The van der Waals surface area contributed by atoms with E-state index < -0.39 is 0 Å².